The van der Waals surface area contributed by atoms with E-state index in [4.69, 9.17) is 5.21 Å². The number of aromatic nitrogens is 1. The Labute approximate surface area is 129 Å². The Balaban J connectivity index is 1.93. The zero-order valence-corrected chi connectivity index (χ0v) is 11.8. The number of nitrogens with zero attached hydrogens (tertiary/aromatic N) is 2. The fraction of sp³-hybridized carbons (Fsp3) is 0.200. The van der Waals surface area contributed by atoms with Crippen molar-refractivity contribution in [3.63, 3.8) is 0 Å². The maximum Gasteiger partial charge on any atom is 0.433 e. The molecule has 1 aromatic carbocycles. The van der Waals surface area contributed by atoms with Crippen LogP contribution < -0.4 is 10.4 Å². The minimum absolute atomic E-state index is 0.186. The molecule has 2 N–H and O–H groups in total. The molecular weight excluding hydrogens is 311 g/mol. The number of hydrogen-bond donors (Lipinski definition) is 2. The van der Waals surface area contributed by atoms with Crippen molar-refractivity contribution in [2.24, 2.45) is 0 Å². The lowest BCUT2D eigenvalue weighted by Gasteiger charge is -2.18. The highest BCUT2D eigenvalue weighted by Gasteiger charge is 2.33. The zero-order valence-electron chi connectivity index (χ0n) is 11.8. The summed E-state index contributed by atoms with van der Waals surface area (Å²) in [6.07, 6.45) is -4.51. The van der Waals surface area contributed by atoms with Gasteiger partial charge in [0.05, 0.1) is 0 Å². The summed E-state index contributed by atoms with van der Waals surface area (Å²) in [5.41, 5.74) is 2.38. The molecule has 0 fully saturated rings. The number of benzene rings is 1. The number of fused-ring (bicyclic) bond motifs is 1. The van der Waals surface area contributed by atoms with E-state index < -0.39 is 17.8 Å². The second-order valence-electron chi connectivity index (χ2n) is 5.12. The standard InChI is InChI=1S/C15H12F3N3O2/c16-15(17,18)12-5-2-6-13(19-12)21-7-9-3-1-4-10(11(9)8-21)14(22)20-23/h1-6,23H,7-8H2,(H,20,22). The number of carbonyl (C=O) groups is 1. The smallest absolute Gasteiger partial charge is 0.348 e. The third-order valence-electron chi connectivity index (χ3n) is 3.68. The molecule has 0 saturated carbocycles. The predicted octanol–water partition coefficient (Wildman–Crippen LogP) is 2.74. The second kappa shape index (κ2) is 5.54. The van der Waals surface area contributed by atoms with E-state index >= 15 is 0 Å². The lowest BCUT2D eigenvalue weighted by molar-refractivity contribution is -0.141. The summed E-state index contributed by atoms with van der Waals surface area (Å²) in [5.74, 6) is -0.466. The maximum absolute atomic E-state index is 12.8. The number of hydrogen-bond acceptors (Lipinski definition) is 4. The number of alkyl halides is 3. The van der Waals surface area contributed by atoms with Gasteiger partial charge < -0.3 is 4.90 Å². The number of pyridine rings is 1. The molecule has 120 valence electrons. The first-order valence-corrected chi connectivity index (χ1v) is 6.74. The van der Waals surface area contributed by atoms with Gasteiger partial charge in [0.2, 0.25) is 0 Å². The van der Waals surface area contributed by atoms with Gasteiger partial charge in [0.1, 0.15) is 11.5 Å². The van der Waals surface area contributed by atoms with Crippen LogP contribution in [0.2, 0.25) is 0 Å². The largest absolute Gasteiger partial charge is 0.433 e. The zero-order chi connectivity index (χ0) is 16.6. The van der Waals surface area contributed by atoms with E-state index in [-0.39, 0.29) is 12.4 Å². The molecule has 3 rings (SSSR count). The average Bonchev–Trinajstić information content (AvgIpc) is 2.97. The second-order valence-corrected chi connectivity index (χ2v) is 5.12. The highest BCUT2D eigenvalue weighted by molar-refractivity contribution is 5.95. The van der Waals surface area contributed by atoms with E-state index in [1.165, 1.54) is 12.1 Å². The summed E-state index contributed by atoms with van der Waals surface area (Å²) in [6.45, 7) is 0.587. The van der Waals surface area contributed by atoms with E-state index in [2.05, 4.69) is 4.98 Å². The monoisotopic (exact) mass is 323 g/mol. The van der Waals surface area contributed by atoms with Crippen molar-refractivity contribution in [2.75, 3.05) is 4.90 Å². The quantitative estimate of drug-likeness (QED) is 0.659. The normalized spacial score (nSPS) is 13.8. The molecule has 1 aromatic heterocycles. The van der Waals surface area contributed by atoms with Crippen molar-refractivity contribution in [1.82, 2.24) is 10.5 Å². The fourth-order valence-electron chi connectivity index (χ4n) is 2.61. The van der Waals surface area contributed by atoms with Crippen LogP contribution in [-0.2, 0) is 19.3 Å². The maximum atomic E-state index is 12.8. The molecular formula is C15H12F3N3O2. The number of halogens is 3. The number of amides is 1. The molecule has 0 aliphatic carbocycles. The summed E-state index contributed by atoms with van der Waals surface area (Å²) in [4.78, 5) is 17.0. The fourth-order valence-corrected chi connectivity index (χ4v) is 2.61. The van der Waals surface area contributed by atoms with Crippen molar-refractivity contribution < 1.29 is 23.2 Å². The van der Waals surface area contributed by atoms with E-state index in [9.17, 15) is 18.0 Å². The Morgan fingerprint density at radius 1 is 1.17 bits per heavy atom. The van der Waals surface area contributed by atoms with Crippen LogP contribution in [0.4, 0.5) is 19.0 Å². The Morgan fingerprint density at radius 3 is 2.61 bits per heavy atom. The molecule has 1 amide bonds. The van der Waals surface area contributed by atoms with Crippen LogP contribution in [0.15, 0.2) is 36.4 Å². The van der Waals surface area contributed by atoms with Gasteiger partial charge in [-0.15, -0.1) is 0 Å². The van der Waals surface area contributed by atoms with Crippen molar-refractivity contribution in [1.29, 1.82) is 0 Å². The number of nitrogens with one attached hydrogen (secondary N) is 1. The average molecular weight is 323 g/mol. The first-order chi connectivity index (χ1) is 10.9. The van der Waals surface area contributed by atoms with Gasteiger partial charge >= 0.3 is 6.18 Å². The van der Waals surface area contributed by atoms with Crippen LogP contribution in [0, 0.1) is 0 Å². The third-order valence-corrected chi connectivity index (χ3v) is 3.68. The summed E-state index contributed by atoms with van der Waals surface area (Å²) in [6, 6.07) is 8.71. The van der Waals surface area contributed by atoms with Crippen LogP contribution in [0.3, 0.4) is 0 Å². The molecule has 0 radical (unpaired) electrons. The lowest BCUT2D eigenvalue weighted by atomic mass is 10.0. The molecule has 0 bridgehead atoms. The van der Waals surface area contributed by atoms with Crippen molar-refractivity contribution in [3.05, 3.63) is 58.8 Å². The molecule has 0 saturated heterocycles. The summed E-state index contributed by atoms with van der Waals surface area (Å²) < 4.78 is 38.3. The molecule has 2 heterocycles. The summed E-state index contributed by atoms with van der Waals surface area (Å²) in [7, 11) is 0. The Hall–Kier alpha value is -2.61. The van der Waals surface area contributed by atoms with Gasteiger partial charge in [-0.3, -0.25) is 10.0 Å². The number of rotatable bonds is 2. The SMILES string of the molecule is O=C(NO)c1cccc2c1CN(c1cccc(C(F)(F)F)n1)C2. The summed E-state index contributed by atoms with van der Waals surface area (Å²) >= 11 is 0. The van der Waals surface area contributed by atoms with Gasteiger partial charge in [-0.05, 0) is 29.3 Å². The Morgan fingerprint density at radius 2 is 1.91 bits per heavy atom. The first-order valence-electron chi connectivity index (χ1n) is 6.74. The number of carbonyl (C=O) groups excluding carboxylic acids is 1. The number of anilines is 1. The molecule has 0 unspecified atom stereocenters. The Kier molecular flexibility index (Phi) is 3.69. The van der Waals surface area contributed by atoms with E-state index in [1.807, 2.05) is 0 Å². The summed E-state index contributed by atoms with van der Waals surface area (Å²) in [5, 5.41) is 8.78. The molecule has 0 spiro atoms. The third kappa shape index (κ3) is 2.85. The minimum atomic E-state index is -4.51. The predicted molar refractivity (Wildman–Crippen MR) is 74.8 cm³/mol. The van der Waals surface area contributed by atoms with Gasteiger partial charge in [0, 0.05) is 18.7 Å². The lowest BCUT2D eigenvalue weighted by Crippen LogP contribution is -2.21. The molecule has 1 aliphatic heterocycles. The van der Waals surface area contributed by atoms with Gasteiger partial charge in [-0.1, -0.05) is 18.2 Å². The van der Waals surface area contributed by atoms with E-state index in [0.717, 1.165) is 11.6 Å². The van der Waals surface area contributed by atoms with E-state index in [1.54, 1.807) is 28.6 Å². The topological polar surface area (TPSA) is 65.5 Å². The molecule has 5 nitrogen and oxygen atoms in total. The molecule has 0 atom stereocenters. The van der Waals surface area contributed by atoms with Gasteiger partial charge in [0.15, 0.2) is 0 Å². The van der Waals surface area contributed by atoms with Crippen LogP contribution >= 0.6 is 0 Å². The van der Waals surface area contributed by atoms with Crippen molar-refractivity contribution in [3.8, 4) is 0 Å². The first kappa shape index (κ1) is 15.3. The highest BCUT2D eigenvalue weighted by Crippen LogP contribution is 2.32. The molecule has 23 heavy (non-hydrogen) atoms. The van der Waals surface area contributed by atoms with E-state index in [0.29, 0.717) is 17.7 Å². The molecule has 2 aromatic rings. The van der Waals surface area contributed by atoms with Gasteiger partial charge in [0.25, 0.3) is 5.91 Å². The molecule has 8 heteroatoms. The van der Waals surface area contributed by atoms with Crippen molar-refractivity contribution in [2.45, 2.75) is 19.3 Å². The van der Waals surface area contributed by atoms with Crippen LogP contribution in [0.1, 0.15) is 27.2 Å². The minimum Gasteiger partial charge on any atom is -0.348 e. The van der Waals surface area contributed by atoms with Crippen LogP contribution in [-0.4, -0.2) is 16.1 Å². The molecule has 1 aliphatic rings. The van der Waals surface area contributed by atoms with Gasteiger partial charge in [-0.25, -0.2) is 10.5 Å². The Bertz CT molecular complexity index is 762. The van der Waals surface area contributed by atoms with Crippen LogP contribution in [0.5, 0.6) is 0 Å². The highest BCUT2D eigenvalue weighted by atomic mass is 19.4. The van der Waals surface area contributed by atoms with Crippen molar-refractivity contribution >= 4 is 11.7 Å². The van der Waals surface area contributed by atoms with Crippen LogP contribution in [0.25, 0.3) is 0 Å². The number of hydroxylamine groups is 1. The van der Waals surface area contributed by atoms with Gasteiger partial charge in [-0.2, -0.15) is 13.2 Å².